The molecule has 1 aromatic heterocycles. The number of anilines is 1. The molecular formula is C15H15N3O4S. The third-order valence-corrected chi connectivity index (χ3v) is 4.64. The predicted octanol–water partition coefficient (Wildman–Crippen LogP) is 2.31. The maximum Gasteiger partial charge on any atom is 0.407 e. The highest BCUT2D eigenvalue weighted by Gasteiger charge is 2.22. The van der Waals surface area contributed by atoms with Gasteiger partial charge in [-0.25, -0.2) is 14.6 Å². The number of aromatic carboxylic acids is 1. The molecule has 23 heavy (non-hydrogen) atoms. The molecule has 1 aliphatic heterocycles. The minimum atomic E-state index is -0.952. The van der Waals surface area contributed by atoms with Crippen molar-refractivity contribution < 1.29 is 19.8 Å². The van der Waals surface area contributed by atoms with Crippen LogP contribution in [0.3, 0.4) is 0 Å². The zero-order valence-corrected chi connectivity index (χ0v) is 13.0. The molecule has 2 N–H and O–H groups in total. The molecule has 8 heteroatoms. The molecule has 0 unspecified atom stereocenters. The number of benzene rings is 1. The number of amides is 1. The first-order valence-electron chi connectivity index (χ1n) is 7.06. The summed E-state index contributed by atoms with van der Waals surface area (Å²) in [7, 11) is 0. The number of piperazine rings is 1. The number of carboxylic acids is 1. The van der Waals surface area contributed by atoms with Crippen molar-refractivity contribution in [3.8, 4) is 11.3 Å². The molecule has 0 saturated carbocycles. The minimum Gasteiger partial charge on any atom is -0.478 e. The molecule has 0 radical (unpaired) electrons. The molecular weight excluding hydrogens is 318 g/mol. The van der Waals surface area contributed by atoms with Crippen LogP contribution in [0.25, 0.3) is 11.3 Å². The van der Waals surface area contributed by atoms with Gasteiger partial charge >= 0.3 is 12.1 Å². The molecule has 0 spiro atoms. The summed E-state index contributed by atoms with van der Waals surface area (Å²) in [4.78, 5) is 29.8. The third kappa shape index (κ3) is 3.26. The largest absolute Gasteiger partial charge is 0.478 e. The number of aromatic nitrogens is 1. The van der Waals surface area contributed by atoms with Gasteiger partial charge in [0.15, 0.2) is 5.13 Å². The van der Waals surface area contributed by atoms with Crippen molar-refractivity contribution >= 4 is 28.5 Å². The molecule has 1 aliphatic rings. The zero-order valence-electron chi connectivity index (χ0n) is 12.2. The number of hydrogen-bond acceptors (Lipinski definition) is 5. The molecule has 1 saturated heterocycles. The van der Waals surface area contributed by atoms with E-state index in [9.17, 15) is 9.59 Å². The van der Waals surface area contributed by atoms with Crippen molar-refractivity contribution in [2.24, 2.45) is 0 Å². The highest BCUT2D eigenvalue weighted by molar-refractivity contribution is 7.14. The molecule has 0 bridgehead atoms. The molecule has 120 valence electrons. The van der Waals surface area contributed by atoms with Crippen LogP contribution in [-0.2, 0) is 0 Å². The van der Waals surface area contributed by atoms with E-state index in [0.717, 1.165) is 16.4 Å². The van der Waals surface area contributed by atoms with E-state index in [1.54, 1.807) is 24.3 Å². The van der Waals surface area contributed by atoms with Crippen LogP contribution in [0.4, 0.5) is 9.93 Å². The number of nitrogens with zero attached hydrogens (tertiary/aromatic N) is 3. The zero-order chi connectivity index (χ0) is 16.4. The lowest BCUT2D eigenvalue weighted by atomic mass is 10.1. The van der Waals surface area contributed by atoms with E-state index in [2.05, 4.69) is 9.88 Å². The van der Waals surface area contributed by atoms with Gasteiger partial charge in [-0.05, 0) is 12.1 Å². The lowest BCUT2D eigenvalue weighted by molar-refractivity contribution is 0.0697. The first kappa shape index (κ1) is 15.3. The quantitative estimate of drug-likeness (QED) is 0.895. The molecule has 3 rings (SSSR count). The normalized spacial score (nSPS) is 14.8. The standard InChI is InChI=1S/C15H15N3O4S/c19-13(20)11-3-1-10(2-4-11)12-9-23-14(16-12)17-5-7-18(8-6-17)15(21)22/h1-4,9H,5-8H2,(H,19,20)(H,21,22). The van der Waals surface area contributed by atoms with Crippen LogP contribution < -0.4 is 4.90 Å². The predicted molar refractivity (Wildman–Crippen MR) is 86.3 cm³/mol. The van der Waals surface area contributed by atoms with E-state index in [-0.39, 0.29) is 5.56 Å². The van der Waals surface area contributed by atoms with E-state index in [1.807, 2.05) is 5.38 Å². The Labute approximate surface area is 136 Å². The number of hydrogen-bond donors (Lipinski definition) is 2. The Morgan fingerprint density at radius 3 is 2.26 bits per heavy atom. The van der Waals surface area contributed by atoms with Gasteiger partial charge in [-0.1, -0.05) is 12.1 Å². The van der Waals surface area contributed by atoms with Gasteiger partial charge in [0.2, 0.25) is 0 Å². The third-order valence-electron chi connectivity index (χ3n) is 3.74. The average Bonchev–Trinajstić information content (AvgIpc) is 3.05. The fraction of sp³-hybridized carbons (Fsp3) is 0.267. The summed E-state index contributed by atoms with van der Waals surface area (Å²) < 4.78 is 0. The van der Waals surface area contributed by atoms with Crippen molar-refractivity contribution in [3.05, 3.63) is 35.2 Å². The molecule has 7 nitrogen and oxygen atoms in total. The molecule has 0 atom stereocenters. The van der Waals surface area contributed by atoms with E-state index in [0.29, 0.717) is 26.2 Å². The van der Waals surface area contributed by atoms with Crippen LogP contribution in [0.5, 0.6) is 0 Å². The molecule has 2 heterocycles. The minimum absolute atomic E-state index is 0.244. The van der Waals surface area contributed by atoms with Gasteiger partial charge < -0.3 is 20.0 Å². The fourth-order valence-corrected chi connectivity index (χ4v) is 3.30. The Balaban J connectivity index is 1.71. The summed E-state index contributed by atoms with van der Waals surface area (Å²) in [6.45, 7) is 2.18. The van der Waals surface area contributed by atoms with Crippen molar-refractivity contribution in [1.82, 2.24) is 9.88 Å². The Bertz CT molecular complexity index is 721. The number of thiazole rings is 1. The van der Waals surface area contributed by atoms with Crippen LogP contribution in [-0.4, -0.2) is 58.3 Å². The number of carboxylic acid groups (broad SMARTS) is 2. The Morgan fingerprint density at radius 1 is 1.04 bits per heavy atom. The lowest BCUT2D eigenvalue weighted by Crippen LogP contribution is -2.48. The SMILES string of the molecule is O=C(O)c1ccc(-c2csc(N3CCN(C(=O)O)CC3)n2)cc1. The van der Waals surface area contributed by atoms with Gasteiger partial charge in [-0.15, -0.1) is 11.3 Å². The first-order chi connectivity index (χ1) is 11.0. The first-order valence-corrected chi connectivity index (χ1v) is 7.94. The van der Waals surface area contributed by atoms with Gasteiger partial charge in [0.1, 0.15) is 0 Å². The van der Waals surface area contributed by atoms with Gasteiger partial charge in [0.05, 0.1) is 11.3 Å². The van der Waals surface area contributed by atoms with Crippen molar-refractivity contribution in [1.29, 1.82) is 0 Å². The second-order valence-electron chi connectivity index (χ2n) is 5.15. The smallest absolute Gasteiger partial charge is 0.407 e. The molecule has 1 fully saturated rings. The molecule has 1 aromatic carbocycles. The second kappa shape index (κ2) is 6.25. The van der Waals surface area contributed by atoms with E-state index in [1.165, 1.54) is 16.2 Å². The van der Waals surface area contributed by atoms with Crippen LogP contribution in [0, 0.1) is 0 Å². The van der Waals surface area contributed by atoms with Crippen molar-refractivity contribution in [2.45, 2.75) is 0 Å². The summed E-state index contributed by atoms with van der Waals surface area (Å²) in [5, 5.41) is 20.7. The second-order valence-corrected chi connectivity index (χ2v) is 5.99. The maximum atomic E-state index is 10.9. The summed E-state index contributed by atoms with van der Waals surface area (Å²) in [6, 6.07) is 6.60. The summed E-state index contributed by atoms with van der Waals surface area (Å²) in [5.41, 5.74) is 1.90. The van der Waals surface area contributed by atoms with Gasteiger partial charge in [-0.3, -0.25) is 0 Å². The number of rotatable bonds is 3. The van der Waals surface area contributed by atoms with Gasteiger partial charge in [0, 0.05) is 37.1 Å². The van der Waals surface area contributed by atoms with Crippen LogP contribution in [0.1, 0.15) is 10.4 Å². The Morgan fingerprint density at radius 2 is 1.70 bits per heavy atom. The maximum absolute atomic E-state index is 10.9. The van der Waals surface area contributed by atoms with Crippen LogP contribution in [0.15, 0.2) is 29.6 Å². The van der Waals surface area contributed by atoms with E-state index >= 15 is 0 Å². The summed E-state index contributed by atoms with van der Waals surface area (Å²) >= 11 is 1.50. The molecule has 2 aromatic rings. The van der Waals surface area contributed by atoms with Crippen LogP contribution in [0.2, 0.25) is 0 Å². The Hall–Kier alpha value is -2.61. The summed E-state index contributed by atoms with van der Waals surface area (Å²) in [6.07, 6.45) is -0.886. The van der Waals surface area contributed by atoms with E-state index < -0.39 is 12.1 Å². The van der Waals surface area contributed by atoms with Crippen molar-refractivity contribution in [2.75, 3.05) is 31.1 Å². The molecule has 1 amide bonds. The van der Waals surface area contributed by atoms with Gasteiger partial charge in [-0.2, -0.15) is 0 Å². The highest BCUT2D eigenvalue weighted by Crippen LogP contribution is 2.28. The van der Waals surface area contributed by atoms with E-state index in [4.69, 9.17) is 10.2 Å². The van der Waals surface area contributed by atoms with Crippen molar-refractivity contribution in [3.63, 3.8) is 0 Å². The topological polar surface area (TPSA) is 94.0 Å². The Kier molecular flexibility index (Phi) is 4.16. The van der Waals surface area contributed by atoms with Gasteiger partial charge in [0.25, 0.3) is 0 Å². The fourth-order valence-electron chi connectivity index (χ4n) is 2.41. The lowest BCUT2D eigenvalue weighted by Gasteiger charge is -2.32. The van der Waals surface area contributed by atoms with Crippen LogP contribution >= 0.6 is 11.3 Å². The average molecular weight is 333 g/mol. The monoisotopic (exact) mass is 333 g/mol. The summed E-state index contributed by atoms with van der Waals surface area (Å²) in [5.74, 6) is -0.952. The molecule has 0 aliphatic carbocycles. The highest BCUT2D eigenvalue weighted by atomic mass is 32.1. The number of carbonyl (C=O) groups is 2.